The molecule has 3 rings (SSSR count). The van der Waals surface area contributed by atoms with Gasteiger partial charge in [0.25, 0.3) is 0 Å². The van der Waals surface area contributed by atoms with E-state index >= 15 is 0 Å². The van der Waals surface area contributed by atoms with E-state index in [0.717, 1.165) is 11.1 Å². The fourth-order valence-corrected chi connectivity index (χ4v) is 3.10. The first kappa shape index (κ1) is 13.8. The summed E-state index contributed by atoms with van der Waals surface area (Å²) in [5.41, 5.74) is 2.20. The van der Waals surface area contributed by atoms with E-state index in [0.29, 0.717) is 6.42 Å². The van der Waals surface area contributed by atoms with Crippen LogP contribution in [0, 0.1) is 0 Å². The predicted molar refractivity (Wildman–Crippen MR) is 88.5 cm³/mol. The molecule has 0 spiro atoms. The van der Waals surface area contributed by atoms with Gasteiger partial charge in [0, 0.05) is 0 Å². The van der Waals surface area contributed by atoms with E-state index in [4.69, 9.17) is 0 Å². The molecule has 0 aliphatic rings. The monoisotopic (exact) mass is 295 g/mol. The number of carbonyl (C=O) groups is 1. The van der Waals surface area contributed by atoms with E-state index in [-0.39, 0.29) is 11.9 Å². The van der Waals surface area contributed by atoms with E-state index in [2.05, 4.69) is 35.6 Å². The molecular formula is C18H17NOS. The van der Waals surface area contributed by atoms with Crippen molar-refractivity contribution in [1.29, 1.82) is 0 Å². The van der Waals surface area contributed by atoms with Gasteiger partial charge in [-0.3, -0.25) is 4.79 Å². The molecule has 106 valence electrons. The Morgan fingerprint density at radius 1 is 1.14 bits per heavy atom. The lowest BCUT2D eigenvalue weighted by Gasteiger charge is -2.15. The van der Waals surface area contributed by atoms with Crippen molar-refractivity contribution < 1.29 is 4.79 Å². The molecule has 21 heavy (non-hydrogen) atoms. The lowest BCUT2D eigenvalue weighted by Crippen LogP contribution is -2.27. The van der Waals surface area contributed by atoms with Gasteiger partial charge in [-0.2, -0.15) is 11.3 Å². The molecule has 0 bridgehead atoms. The largest absolute Gasteiger partial charge is 0.349 e. The van der Waals surface area contributed by atoms with Gasteiger partial charge in [0.1, 0.15) is 0 Å². The van der Waals surface area contributed by atoms with E-state index in [1.54, 1.807) is 11.3 Å². The van der Waals surface area contributed by atoms with E-state index < -0.39 is 0 Å². The molecule has 1 atom stereocenters. The van der Waals surface area contributed by atoms with Gasteiger partial charge in [-0.15, -0.1) is 0 Å². The van der Waals surface area contributed by atoms with Crippen molar-refractivity contribution in [2.24, 2.45) is 0 Å². The highest BCUT2D eigenvalue weighted by Gasteiger charge is 2.10. The van der Waals surface area contributed by atoms with Crippen molar-refractivity contribution in [2.75, 3.05) is 0 Å². The Labute approximate surface area is 128 Å². The standard InChI is InChI=1S/C18H17NOS/c1-13(19-18(20)10-14-8-9-21-12-14)16-7-6-15-4-2-3-5-17(15)11-16/h2-9,11-13H,10H2,1H3,(H,19,20). The van der Waals surface area contributed by atoms with Gasteiger partial charge < -0.3 is 5.32 Å². The molecule has 0 aliphatic carbocycles. The highest BCUT2D eigenvalue weighted by molar-refractivity contribution is 7.08. The van der Waals surface area contributed by atoms with Crippen molar-refractivity contribution in [3.05, 3.63) is 70.4 Å². The third kappa shape index (κ3) is 3.31. The van der Waals surface area contributed by atoms with Crippen molar-refractivity contribution >= 4 is 28.0 Å². The number of hydrogen-bond donors (Lipinski definition) is 1. The molecule has 2 aromatic carbocycles. The van der Waals surface area contributed by atoms with Crippen LogP contribution in [0.3, 0.4) is 0 Å². The van der Waals surface area contributed by atoms with Crippen molar-refractivity contribution in [1.82, 2.24) is 5.32 Å². The molecule has 1 amide bonds. The first-order valence-electron chi connectivity index (χ1n) is 7.01. The third-order valence-corrected chi connectivity index (χ3v) is 4.33. The number of thiophene rings is 1. The summed E-state index contributed by atoms with van der Waals surface area (Å²) in [6.45, 7) is 2.02. The average molecular weight is 295 g/mol. The van der Waals surface area contributed by atoms with Crippen LogP contribution in [0.2, 0.25) is 0 Å². The maximum absolute atomic E-state index is 12.1. The number of amides is 1. The molecule has 1 unspecified atom stereocenters. The highest BCUT2D eigenvalue weighted by Crippen LogP contribution is 2.20. The van der Waals surface area contributed by atoms with Crippen LogP contribution in [0.15, 0.2) is 59.3 Å². The number of fused-ring (bicyclic) bond motifs is 1. The predicted octanol–water partition coefficient (Wildman–Crippen LogP) is 4.32. The Morgan fingerprint density at radius 3 is 2.71 bits per heavy atom. The zero-order chi connectivity index (χ0) is 14.7. The number of nitrogens with one attached hydrogen (secondary N) is 1. The third-order valence-electron chi connectivity index (χ3n) is 3.60. The molecule has 0 saturated heterocycles. The van der Waals surface area contributed by atoms with E-state index in [9.17, 15) is 4.79 Å². The SMILES string of the molecule is CC(NC(=O)Cc1ccsc1)c1ccc2ccccc2c1. The van der Waals surface area contributed by atoms with Crippen LogP contribution in [0.1, 0.15) is 24.1 Å². The first-order chi connectivity index (χ1) is 10.2. The Kier molecular flexibility index (Phi) is 4.02. The second-order valence-electron chi connectivity index (χ2n) is 5.20. The molecule has 1 heterocycles. The lowest BCUT2D eigenvalue weighted by atomic mass is 10.0. The molecule has 0 radical (unpaired) electrons. The zero-order valence-corrected chi connectivity index (χ0v) is 12.7. The molecule has 2 nitrogen and oxygen atoms in total. The Bertz CT molecular complexity index is 749. The number of rotatable bonds is 4. The molecule has 0 aliphatic heterocycles. The van der Waals surface area contributed by atoms with Gasteiger partial charge >= 0.3 is 0 Å². The Morgan fingerprint density at radius 2 is 1.95 bits per heavy atom. The summed E-state index contributed by atoms with van der Waals surface area (Å²) in [4.78, 5) is 12.1. The number of carbonyl (C=O) groups excluding carboxylic acids is 1. The van der Waals surface area contributed by atoms with Gasteiger partial charge in [0.05, 0.1) is 12.5 Å². The van der Waals surface area contributed by atoms with Crippen LogP contribution >= 0.6 is 11.3 Å². The summed E-state index contributed by atoms with van der Waals surface area (Å²) >= 11 is 1.62. The summed E-state index contributed by atoms with van der Waals surface area (Å²) in [6.07, 6.45) is 0.446. The maximum Gasteiger partial charge on any atom is 0.224 e. The van der Waals surface area contributed by atoms with Crippen LogP contribution < -0.4 is 5.32 Å². The van der Waals surface area contributed by atoms with Crippen LogP contribution in [0.4, 0.5) is 0 Å². The minimum atomic E-state index is 0.0146. The lowest BCUT2D eigenvalue weighted by molar-refractivity contribution is -0.121. The Balaban J connectivity index is 1.71. The van der Waals surface area contributed by atoms with Gasteiger partial charge in [-0.25, -0.2) is 0 Å². The summed E-state index contributed by atoms with van der Waals surface area (Å²) in [6, 6.07) is 16.6. The van der Waals surface area contributed by atoms with Crippen molar-refractivity contribution in [3.63, 3.8) is 0 Å². The summed E-state index contributed by atoms with van der Waals surface area (Å²) in [5.74, 6) is 0.0639. The second kappa shape index (κ2) is 6.10. The van der Waals surface area contributed by atoms with Crippen molar-refractivity contribution in [3.8, 4) is 0 Å². The quantitative estimate of drug-likeness (QED) is 0.763. The normalized spacial score (nSPS) is 12.2. The fourth-order valence-electron chi connectivity index (χ4n) is 2.43. The minimum absolute atomic E-state index is 0.0146. The molecule has 0 fully saturated rings. The van der Waals surface area contributed by atoms with Crippen LogP contribution in [0.5, 0.6) is 0 Å². The average Bonchev–Trinajstić information content (AvgIpc) is 2.99. The van der Waals surface area contributed by atoms with Gasteiger partial charge in [-0.1, -0.05) is 36.4 Å². The maximum atomic E-state index is 12.1. The summed E-state index contributed by atoms with van der Waals surface area (Å²) in [5, 5.41) is 9.50. The van der Waals surface area contributed by atoms with Crippen molar-refractivity contribution in [2.45, 2.75) is 19.4 Å². The fraction of sp³-hybridized carbons (Fsp3) is 0.167. The second-order valence-corrected chi connectivity index (χ2v) is 5.98. The first-order valence-corrected chi connectivity index (χ1v) is 7.96. The van der Waals surface area contributed by atoms with E-state index in [1.165, 1.54) is 10.8 Å². The number of benzene rings is 2. The summed E-state index contributed by atoms with van der Waals surface area (Å²) in [7, 11) is 0. The molecule has 1 aromatic heterocycles. The zero-order valence-electron chi connectivity index (χ0n) is 11.9. The molecule has 1 N–H and O–H groups in total. The highest BCUT2D eigenvalue weighted by atomic mass is 32.1. The van der Waals surface area contributed by atoms with Crippen LogP contribution in [-0.2, 0) is 11.2 Å². The minimum Gasteiger partial charge on any atom is -0.349 e. The molecule has 3 heteroatoms. The van der Waals surface area contributed by atoms with Gasteiger partial charge in [0.15, 0.2) is 0 Å². The molecule has 0 saturated carbocycles. The van der Waals surface area contributed by atoms with E-state index in [1.807, 2.05) is 35.9 Å². The number of hydrogen-bond acceptors (Lipinski definition) is 2. The topological polar surface area (TPSA) is 29.1 Å². The van der Waals surface area contributed by atoms with Crippen LogP contribution in [-0.4, -0.2) is 5.91 Å². The smallest absolute Gasteiger partial charge is 0.224 e. The molecular weight excluding hydrogens is 278 g/mol. The van der Waals surface area contributed by atoms with Gasteiger partial charge in [0.2, 0.25) is 5.91 Å². The summed E-state index contributed by atoms with van der Waals surface area (Å²) < 4.78 is 0. The molecule has 3 aromatic rings. The van der Waals surface area contributed by atoms with Gasteiger partial charge in [-0.05, 0) is 51.7 Å². The van der Waals surface area contributed by atoms with Crippen LogP contribution in [0.25, 0.3) is 10.8 Å². The Hall–Kier alpha value is -2.13.